The summed E-state index contributed by atoms with van der Waals surface area (Å²) < 4.78 is 27.8. The SMILES string of the molecule is CC[C@@H](C(=O)NCC(C)C)N(Cc1ccc(Cl)cc1Cl)C(=O)CN(C)S(=O)(=O)c1ccc2ccccc2c1. The van der Waals surface area contributed by atoms with Gasteiger partial charge in [0.05, 0.1) is 11.4 Å². The minimum absolute atomic E-state index is 0.0201. The summed E-state index contributed by atoms with van der Waals surface area (Å²) in [5.41, 5.74) is 0.597. The van der Waals surface area contributed by atoms with Gasteiger partial charge in [-0.15, -0.1) is 0 Å². The van der Waals surface area contributed by atoms with Crippen LogP contribution < -0.4 is 5.32 Å². The lowest BCUT2D eigenvalue weighted by atomic mass is 10.1. The lowest BCUT2D eigenvalue weighted by molar-refractivity contribution is -0.141. The van der Waals surface area contributed by atoms with Gasteiger partial charge in [0.1, 0.15) is 6.04 Å². The largest absolute Gasteiger partial charge is 0.354 e. The molecule has 3 aromatic rings. The Labute approximate surface area is 234 Å². The standard InChI is InChI=1S/C28H33Cl2N3O4S/c1-5-26(28(35)31-16-19(2)3)33(17-22-10-12-23(29)15-25(22)30)27(34)18-32(4)38(36,37)24-13-11-20-8-6-7-9-21(20)14-24/h6-15,19,26H,5,16-18H2,1-4H3,(H,31,35)/t26-/m0/s1. The van der Waals surface area contributed by atoms with Gasteiger partial charge in [0.15, 0.2) is 0 Å². The van der Waals surface area contributed by atoms with E-state index in [0.29, 0.717) is 28.6 Å². The molecule has 0 aromatic heterocycles. The molecule has 0 aliphatic carbocycles. The zero-order chi connectivity index (χ0) is 28.0. The number of benzene rings is 3. The second-order valence-corrected chi connectivity index (χ2v) is 12.5. The summed E-state index contributed by atoms with van der Waals surface area (Å²) in [6.07, 6.45) is 0.335. The van der Waals surface area contributed by atoms with Crippen LogP contribution in [-0.2, 0) is 26.2 Å². The van der Waals surface area contributed by atoms with Crippen LogP contribution >= 0.6 is 23.2 Å². The Bertz CT molecular complexity index is 1410. The van der Waals surface area contributed by atoms with E-state index in [4.69, 9.17) is 23.2 Å². The van der Waals surface area contributed by atoms with Gasteiger partial charge >= 0.3 is 0 Å². The zero-order valence-corrected chi connectivity index (χ0v) is 24.3. The molecule has 0 aliphatic heterocycles. The average Bonchev–Trinajstić information content (AvgIpc) is 2.88. The number of hydrogen-bond acceptors (Lipinski definition) is 4. The van der Waals surface area contributed by atoms with Crippen molar-refractivity contribution in [2.45, 2.75) is 44.7 Å². The Balaban J connectivity index is 1.90. The first kappa shape index (κ1) is 29.9. The van der Waals surface area contributed by atoms with Crippen molar-refractivity contribution in [3.8, 4) is 0 Å². The Morgan fingerprint density at radius 1 is 0.974 bits per heavy atom. The van der Waals surface area contributed by atoms with Crippen molar-refractivity contribution in [2.75, 3.05) is 20.1 Å². The quantitative estimate of drug-likeness (QED) is 0.333. The molecule has 0 aliphatic rings. The van der Waals surface area contributed by atoms with Crippen LogP contribution in [0, 0.1) is 5.92 Å². The van der Waals surface area contributed by atoms with E-state index in [1.807, 2.05) is 38.1 Å². The molecule has 3 aromatic carbocycles. The lowest BCUT2D eigenvalue weighted by Crippen LogP contribution is -2.52. The monoisotopic (exact) mass is 577 g/mol. The highest BCUT2D eigenvalue weighted by atomic mass is 35.5. The summed E-state index contributed by atoms with van der Waals surface area (Å²) in [6, 6.07) is 16.4. The van der Waals surface area contributed by atoms with E-state index in [1.165, 1.54) is 18.0 Å². The highest BCUT2D eigenvalue weighted by molar-refractivity contribution is 7.89. The molecule has 1 N–H and O–H groups in total. The highest BCUT2D eigenvalue weighted by Gasteiger charge is 2.32. The minimum atomic E-state index is -3.98. The molecule has 0 fully saturated rings. The normalized spacial score (nSPS) is 12.6. The number of nitrogens with one attached hydrogen (secondary N) is 1. The number of carbonyl (C=O) groups excluding carboxylic acids is 2. The van der Waals surface area contributed by atoms with Gasteiger partial charge < -0.3 is 10.2 Å². The first-order valence-electron chi connectivity index (χ1n) is 12.4. The number of fused-ring (bicyclic) bond motifs is 1. The van der Waals surface area contributed by atoms with Crippen molar-refractivity contribution < 1.29 is 18.0 Å². The lowest BCUT2D eigenvalue weighted by Gasteiger charge is -2.32. The summed E-state index contributed by atoms with van der Waals surface area (Å²) in [4.78, 5) is 28.2. The van der Waals surface area contributed by atoms with Crippen molar-refractivity contribution in [1.82, 2.24) is 14.5 Å². The second-order valence-electron chi connectivity index (χ2n) is 9.59. The van der Waals surface area contributed by atoms with Crippen LogP contribution in [-0.4, -0.2) is 55.6 Å². The molecule has 3 rings (SSSR count). The zero-order valence-electron chi connectivity index (χ0n) is 21.9. The van der Waals surface area contributed by atoms with Crippen molar-refractivity contribution in [3.63, 3.8) is 0 Å². The number of carbonyl (C=O) groups is 2. The molecule has 0 spiro atoms. The molecule has 1 atom stereocenters. The summed E-state index contributed by atoms with van der Waals surface area (Å²) in [6.45, 7) is 5.78. The maximum Gasteiger partial charge on any atom is 0.243 e. The molecule has 7 nitrogen and oxygen atoms in total. The van der Waals surface area contributed by atoms with Gasteiger partial charge in [0, 0.05) is 30.2 Å². The van der Waals surface area contributed by atoms with E-state index < -0.39 is 28.5 Å². The summed E-state index contributed by atoms with van der Waals surface area (Å²) in [5.74, 6) is -0.598. The van der Waals surface area contributed by atoms with Gasteiger partial charge in [-0.25, -0.2) is 8.42 Å². The molecule has 38 heavy (non-hydrogen) atoms. The molecule has 0 radical (unpaired) electrons. The Kier molecular flexibility index (Phi) is 10.2. The van der Waals surface area contributed by atoms with Gasteiger partial charge in [0.25, 0.3) is 0 Å². The molecule has 0 heterocycles. The maximum absolute atomic E-state index is 13.6. The first-order valence-corrected chi connectivity index (χ1v) is 14.6. The van der Waals surface area contributed by atoms with Crippen LogP contribution in [0.1, 0.15) is 32.8 Å². The van der Waals surface area contributed by atoms with Gasteiger partial charge in [-0.2, -0.15) is 4.31 Å². The molecular formula is C28H33Cl2N3O4S. The van der Waals surface area contributed by atoms with E-state index in [-0.39, 0.29) is 23.3 Å². The van der Waals surface area contributed by atoms with Crippen LogP contribution in [0.25, 0.3) is 10.8 Å². The number of amides is 2. The average molecular weight is 579 g/mol. The Hall–Kier alpha value is -2.65. The predicted octanol–water partition coefficient (Wildman–Crippen LogP) is 5.35. The topological polar surface area (TPSA) is 86.8 Å². The van der Waals surface area contributed by atoms with E-state index in [2.05, 4.69) is 5.32 Å². The van der Waals surface area contributed by atoms with Gasteiger partial charge in [-0.3, -0.25) is 9.59 Å². The molecule has 0 saturated carbocycles. The number of sulfonamides is 1. The smallest absolute Gasteiger partial charge is 0.243 e. The predicted molar refractivity (Wildman–Crippen MR) is 153 cm³/mol. The summed E-state index contributed by atoms with van der Waals surface area (Å²) in [7, 11) is -2.62. The number of hydrogen-bond donors (Lipinski definition) is 1. The molecule has 0 saturated heterocycles. The van der Waals surface area contributed by atoms with E-state index in [0.717, 1.165) is 15.1 Å². The number of likely N-dealkylation sites (N-methyl/N-ethyl adjacent to an activating group) is 1. The maximum atomic E-state index is 13.6. The van der Waals surface area contributed by atoms with Crippen LogP contribution in [0.2, 0.25) is 10.0 Å². The number of nitrogens with zero attached hydrogens (tertiary/aromatic N) is 2. The fraction of sp³-hybridized carbons (Fsp3) is 0.357. The Morgan fingerprint density at radius 3 is 2.29 bits per heavy atom. The molecule has 0 bridgehead atoms. The molecular weight excluding hydrogens is 545 g/mol. The summed E-state index contributed by atoms with van der Waals surface area (Å²) in [5, 5.41) is 5.37. The van der Waals surface area contributed by atoms with Crippen molar-refractivity contribution >= 4 is 55.8 Å². The Morgan fingerprint density at radius 2 is 1.66 bits per heavy atom. The van der Waals surface area contributed by atoms with Crippen molar-refractivity contribution in [2.24, 2.45) is 5.92 Å². The molecule has 2 amide bonds. The van der Waals surface area contributed by atoms with E-state index in [1.54, 1.807) is 37.3 Å². The highest BCUT2D eigenvalue weighted by Crippen LogP contribution is 2.25. The second kappa shape index (κ2) is 12.9. The fourth-order valence-corrected chi connectivity index (χ4v) is 5.67. The third kappa shape index (κ3) is 7.26. The van der Waals surface area contributed by atoms with Crippen molar-refractivity contribution in [1.29, 1.82) is 0 Å². The molecule has 0 unspecified atom stereocenters. The fourth-order valence-electron chi connectivity index (χ4n) is 4.05. The van der Waals surface area contributed by atoms with Crippen LogP contribution in [0.15, 0.2) is 65.6 Å². The van der Waals surface area contributed by atoms with Crippen LogP contribution in [0.3, 0.4) is 0 Å². The van der Waals surface area contributed by atoms with E-state index in [9.17, 15) is 18.0 Å². The van der Waals surface area contributed by atoms with Gasteiger partial charge in [-0.05, 0) is 52.9 Å². The first-order chi connectivity index (χ1) is 17.9. The molecule has 10 heteroatoms. The molecule has 204 valence electrons. The van der Waals surface area contributed by atoms with Crippen LogP contribution in [0.5, 0.6) is 0 Å². The van der Waals surface area contributed by atoms with Gasteiger partial charge in [0.2, 0.25) is 21.8 Å². The van der Waals surface area contributed by atoms with Crippen molar-refractivity contribution in [3.05, 3.63) is 76.3 Å². The number of halogens is 2. The summed E-state index contributed by atoms with van der Waals surface area (Å²) >= 11 is 12.4. The van der Waals surface area contributed by atoms with Crippen LogP contribution in [0.4, 0.5) is 0 Å². The third-order valence-electron chi connectivity index (χ3n) is 6.21. The number of rotatable bonds is 11. The van der Waals surface area contributed by atoms with Gasteiger partial charge in [-0.1, -0.05) is 80.4 Å². The van der Waals surface area contributed by atoms with E-state index >= 15 is 0 Å². The minimum Gasteiger partial charge on any atom is -0.354 e. The third-order valence-corrected chi connectivity index (χ3v) is 8.60.